The molecule has 2 unspecified atom stereocenters. The van der Waals surface area contributed by atoms with Gasteiger partial charge in [0.05, 0.1) is 12.0 Å². The monoisotopic (exact) mass is 231 g/mol. The molecule has 0 aromatic carbocycles. The number of pyridine rings is 1. The second-order valence-electron chi connectivity index (χ2n) is 4.41. The lowest BCUT2D eigenvalue weighted by Gasteiger charge is -2.16. The lowest BCUT2D eigenvalue weighted by atomic mass is 10.1. The summed E-state index contributed by atoms with van der Waals surface area (Å²) in [6.07, 6.45) is 7.96. The molecule has 3 N–H and O–H groups in total. The van der Waals surface area contributed by atoms with Gasteiger partial charge in [-0.15, -0.1) is 0 Å². The highest BCUT2D eigenvalue weighted by Gasteiger charge is 2.23. The first kappa shape index (κ1) is 11.8. The summed E-state index contributed by atoms with van der Waals surface area (Å²) in [5, 5.41) is 2.97. The van der Waals surface area contributed by atoms with Gasteiger partial charge < -0.3 is 11.1 Å². The van der Waals surface area contributed by atoms with Crippen LogP contribution >= 0.6 is 0 Å². The number of nitrogens with zero attached hydrogens (tertiary/aromatic N) is 1. The molecular formula is C13H17N3O. The van der Waals surface area contributed by atoms with E-state index in [1.54, 1.807) is 12.4 Å². The lowest BCUT2D eigenvalue weighted by Crippen LogP contribution is -2.32. The summed E-state index contributed by atoms with van der Waals surface area (Å²) in [5.74, 6) is -0.0605. The summed E-state index contributed by atoms with van der Waals surface area (Å²) >= 11 is 0. The fraction of sp³-hybridized carbons (Fsp3) is 0.385. The number of amides is 1. The van der Waals surface area contributed by atoms with Gasteiger partial charge >= 0.3 is 0 Å². The van der Waals surface area contributed by atoms with E-state index >= 15 is 0 Å². The molecule has 0 fully saturated rings. The minimum absolute atomic E-state index is 0.0134. The summed E-state index contributed by atoms with van der Waals surface area (Å²) in [6.45, 7) is 1.95. The van der Waals surface area contributed by atoms with E-state index in [1.807, 2.05) is 31.2 Å². The molecule has 0 saturated carbocycles. The Morgan fingerprint density at radius 1 is 1.59 bits per heavy atom. The molecule has 4 heteroatoms. The van der Waals surface area contributed by atoms with E-state index < -0.39 is 0 Å². The Labute approximate surface area is 101 Å². The van der Waals surface area contributed by atoms with Gasteiger partial charge in [-0.05, 0) is 25.0 Å². The summed E-state index contributed by atoms with van der Waals surface area (Å²) in [4.78, 5) is 16.0. The SMILES string of the molecule is C[C@@H](NC(=O)C1C=CC(N)C1)c1cccnc1. The van der Waals surface area contributed by atoms with Crippen LogP contribution in [0.15, 0.2) is 36.7 Å². The predicted molar refractivity (Wildman–Crippen MR) is 66.0 cm³/mol. The summed E-state index contributed by atoms with van der Waals surface area (Å²) in [7, 11) is 0. The van der Waals surface area contributed by atoms with Crippen molar-refractivity contribution >= 4 is 5.91 Å². The van der Waals surface area contributed by atoms with E-state index in [-0.39, 0.29) is 23.9 Å². The number of nitrogens with two attached hydrogens (primary N) is 1. The minimum atomic E-state index is -0.0934. The van der Waals surface area contributed by atoms with E-state index in [9.17, 15) is 4.79 Å². The van der Waals surface area contributed by atoms with Crippen LogP contribution in [0.3, 0.4) is 0 Å². The molecule has 0 saturated heterocycles. The van der Waals surface area contributed by atoms with Crippen LogP contribution in [0.1, 0.15) is 24.9 Å². The predicted octanol–water partition coefficient (Wildman–Crippen LogP) is 1.16. The number of nitrogens with one attached hydrogen (secondary N) is 1. The maximum atomic E-state index is 11.9. The van der Waals surface area contributed by atoms with Crippen molar-refractivity contribution in [3.8, 4) is 0 Å². The van der Waals surface area contributed by atoms with Gasteiger partial charge in [0.2, 0.25) is 5.91 Å². The molecule has 2 rings (SSSR count). The first-order valence-corrected chi connectivity index (χ1v) is 5.81. The van der Waals surface area contributed by atoms with Gasteiger partial charge in [0, 0.05) is 18.4 Å². The standard InChI is InChI=1S/C13H17N3O/c1-9(11-3-2-6-15-8-11)16-13(17)10-4-5-12(14)7-10/h2-6,8-10,12H,7,14H2,1H3,(H,16,17)/t9-,10?,12?/m1/s1. The molecule has 1 aromatic rings. The summed E-state index contributed by atoms with van der Waals surface area (Å²) in [5.41, 5.74) is 6.73. The Bertz CT molecular complexity index is 416. The number of hydrogen-bond acceptors (Lipinski definition) is 3. The number of carbonyl (C=O) groups excluding carboxylic acids is 1. The van der Waals surface area contributed by atoms with Crippen LogP contribution in [0, 0.1) is 5.92 Å². The fourth-order valence-corrected chi connectivity index (χ4v) is 1.96. The molecule has 1 heterocycles. The maximum Gasteiger partial charge on any atom is 0.227 e. The fourth-order valence-electron chi connectivity index (χ4n) is 1.96. The maximum absolute atomic E-state index is 11.9. The minimum Gasteiger partial charge on any atom is -0.349 e. The Morgan fingerprint density at radius 2 is 2.41 bits per heavy atom. The molecule has 17 heavy (non-hydrogen) atoms. The van der Waals surface area contributed by atoms with E-state index in [1.165, 1.54) is 0 Å². The van der Waals surface area contributed by atoms with E-state index in [4.69, 9.17) is 5.73 Å². The smallest absolute Gasteiger partial charge is 0.227 e. The quantitative estimate of drug-likeness (QED) is 0.767. The van der Waals surface area contributed by atoms with Crippen molar-refractivity contribution in [2.45, 2.75) is 25.4 Å². The number of aromatic nitrogens is 1. The van der Waals surface area contributed by atoms with Crippen molar-refractivity contribution in [2.24, 2.45) is 11.7 Å². The Morgan fingerprint density at radius 3 is 3.00 bits per heavy atom. The third-order valence-corrected chi connectivity index (χ3v) is 3.00. The van der Waals surface area contributed by atoms with Crippen molar-refractivity contribution in [3.63, 3.8) is 0 Å². The summed E-state index contributed by atoms with van der Waals surface area (Å²) < 4.78 is 0. The zero-order valence-corrected chi connectivity index (χ0v) is 9.84. The van der Waals surface area contributed by atoms with Crippen LogP contribution in [0.25, 0.3) is 0 Å². The molecule has 3 atom stereocenters. The third-order valence-electron chi connectivity index (χ3n) is 3.00. The van der Waals surface area contributed by atoms with Gasteiger partial charge in [0.15, 0.2) is 0 Å². The molecule has 1 amide bonds. The van der Waals surface area contributed by atoms with Crippen LogP contribution in [-0.4, -0.2) is 16.9 Å². The molecule has 1 aliphatic rings. The number of hydrogen-bond donors (Lipinski definition) is 2. The molecule has 0 spiro atoms. The van der Waals surface area contributed by atoms with Gasteiger partial charge in [0.25, 0.3) is 0 Å². The van der Waals surface area contributed by atoms with Gasteiger partial charge in [-0.2, -0.15) is 0 Å². The van der Waals surface area contributed by atoms with E-state index in [2.05, 4.69) is 10.3 Å². The third kappa shape index (κ3) is 2.91. The van der Waals surface area contributed by atoms with Crippen molar-refractivity contribution in [1.82, 2.24) is 10.3 Å². The topological polar surface area (TPSA) is 68.0 Å². The van der Waals surface area contributed by atoms with Crippen molar-refractivity contribution in [2.75, 3.05) is 0 Å². The average Bonchev–Trinajstić information content (AvgIpc) is 2.77. The molecular weight excluding hydrogens is 214 g/mol. The Hall–Kier alpha value is -1.68. The van der Waals surface area contributed by atoms with Crippen LogP contribution in [0.5, 0.6) is 0 Å². The highest BCUT2D eigenvalue weighted by atomic mass is 16.1. The highest BCUT2D eigenvalue weighted by molar-refractivity contribution is 5.81. The van der Waals surface area contributed by atoms with E-state index in [0.717, 1.165) is 5.56 Å². The second-order valence-corrected chi connectivity index (χ2v) is 4.41. The Balaban J connectivity index is 1.93. The highest BCUT2D eigenvalue weighted by Crippen LogP contribution is 2.18. The molecule has 0 radical (unpaired) electrons. The lowest BCUT2D eigenvalue weighted by molar-refractivity contribution is -0.124. The molecule has 4 nitrogen and oxygen atoms in total. The molecule has 1 aliphatic carbocycles. The van der Waals surface area contributed by atoms with Crippen molar-refractivity contribution < 1.29 is 4.79 Å². The zero-order valence-electron chi connectivity index (χ0n) is 9.84. The molecule has 1 aromatic heterocycles. The first-order valence-electron chi connectivity index (χ1n) is 5.81. The van der Waals surface area contributed by atoms with Gasteiger partial charge in [-0.1, -0.05) is 18.2 Å². The van der Waals surface area contributed by atoms with Crippen LogP contribution in [-0.2, 0) is 4.79 Å². The zero-order chi connectivity index (χ0) is 12.3. The van der Waals surface area contributed by atoms with Gasteiger partial charge in [-0.25, -0.2) is 0 Å². The molecule has 0 aliphatic heterocycles. The van der Waals surface area contributed by atoms with Crippen LogP contribution in [0.2, 0.25) is 0 Å². The van der Waals surface area contributed by atoms with Crippen molar-refractivity contribution in [1.29, 1.82) is 0 Å². The second kappa shape index (κ2) is 5.10. The van der Waals surface area contributed by atoms with Crippen molar-refractivity contribution in [3.05, 3.63) is 42.2 Å². The van der Waals surface area contributed by atoms with Gasteiger partial charge in [0.1, 0.15) is 0 Å². The largest absolute Gasteiger partial charge is 0.349 e. The average molecular weight is 231 g/mol. The molecule has 90 valence electrons. The van der Waals surface area contributed by atoms with Crippen LogP contribution in [0.4, 0.5) is 0 Å². The number of carbonyl (C=O) groups is 1. The Kier molecular flexibility index (Phi) is 3.54. The van der Waals surface area contributed by atoms with Crippen LogP contribution < -0.4 is 11.1 Å². The summed E-state index contributed by atoms with van der Waals surface area (Å²) in [6, 6.07) is 3.80. The van der Waals surface area contributed by atoms with E-state index in [0.29, 0.717) is 6.42 Å². The first-order chi connectivity index (χ1) is 8.16. The molecule has 0 bridgehead atoms. The van der Waals surface area contributed by atoms with Gasteiger partial charge in [-0.3, -0.25) is 9.78 Å². The normalized spacial score (nSPS) is 24.6. The number of rotatable bonds is 3.